The van der Waals surface area contributed by atoms with Gasteiger partial charge in [0.1, 0.15) is 6.61 Å². The third kappa shape index (κ3) is 26.8. The van der Waals surface area contributed by atoms with Crippen LogP contribution in [0.1, 0.15) is 168 Å². The van der Waals surface area contributed by atoms with E-state index in [9.17, 15) is 14.2 Å². The summed E-state index contributed by atoms with van der Waals surface area (Å²) in [5.41, 5.74) is 0. The van der Waals surface area contributed by atoms with E-state index in [0.717, 1.165) is 63.7 Å². The highest BCUT2D eigenvalue weighted by molar-refractivity contribution is 7.46. The van der Waals surface area contributed by atoms with Gasteiger partial charge in [-0.1, -0.05) is 129 Å². The van der Waals surface area contributed by atoms with E-state index in [1.165, 1.54) is 64.2 Å². The number of phosphoric acid groups is 1. The maximum atomic E-state index is 12.3. The van der Waals surface area contributed by atoms with E-state index in [2.05, 4.69) is 37.4 Å². The summed E-state index contributed by atoms with van der Waals surface area (Å²) in [4.78, 5) is 42.7. The van der Waals surface area contributed by atoms with Crippen molar-refractivity contribution in [3.8, 4) is 0 Å². The molecule has 1 aliphatic rings. The number of carbonyl (C=O) groups excluding carboxylic acids is 2. The van der Waals surface area contributed by atoms with Crippen LogP contribution in [0.3, 0.4) is 0 Å². The largest absolute Gasteiger partial charge is 0.469 e. The lowest BCUT2D eigenvalue weighted by atomic mass is 9.99. The van der Waals surface area contributed by atoms with Crippen LogP contribution in [-0.2, 0) is 32.9 Å². The zero-order valence-corrected chi connectivity index (χ0v) is 30.2. The van der Waals surface area contributed by atoms with Crippen molar-refractivity contribution in [1.29, 1.82) is 0 Å². The van der Waals surface area contributed by atoms with Crippen molar-refractivity contribution in [1.82, 2.24) is 0 Å². The van der Waals surface area contributed by atoms with Gasteiger partial charge in [-0.3, -0.25) is 14.1 Å². The molecule has 0 spiro atoms. The molecule has 0 aliphatic carbocycles. The summed E-state index contributed by atoms with van der Waals surface area (Å²) in [6, 6.07) is 0. The minimum Gasteiger partial charge on any atom is -0.462 e. The van der Waals surface area contributed by atoms with Crippen molar-refractivity contribution >= 4 is 19.8 Å². The summed E-state index contributed by atoms with van der Waals surface area (Å²) in [5.74, 6) is -0.0857. The van der Waals surface area contributed by atoms with E-state index in [1.807, 2.05) is 0 Å². The van der Waals surface area contributed by atoms with Gasteiger partial charge >= 0.3 is 19.8 Å². The van der Waals surface area contributed by atoms with Gasteiger partial charge in [0.25, 0.3) is 0 Å². The van der Waals surface area contributed by atoms with Gasteiger partial charge < -0.3 is 24.0 Å². The SMILES string of the molecule is CCCCCC1OC1C/C=C\CCCCCCCC(=O)OC[C@H](COP(=O)(O)O)OC(=O)CCCCCCCCCCC(C)CC. The summed E-state index contributed by atoms with van der Waals surface area (Å²) >= 11 is 0. The molecule has 0 aromatic carbocycles. The molecule has 4 atom stereocenters. The van der Waals surface area contributed by atoms with Gasteiger partial charge in [0.2, 0.25) is 0 Å². The molecule has 46 heavy (non-hydrogen) atoms. The average Bonchev–Trinajstić information content (AvgIpc) is 3.77. The van der Waals surface area contributed by atoms with Gasteiger partial charge in [-0.2, -0.15) is 0 Å². The number of ether oxygens (including phenoxy) is 3. The molecular weight excluding hydrogens is 607 g/mol. The summed E-state index contributed by atoms with van der Waals surface area (Å²) in [5, 5.41) is 0. The van der Waals surface area contributed by atoms with E-state index in [4.69, 9.17) is 24.0 Å². The number of hydrogen-bond donors (Lipinski definition) is 2. The molecule has 3 unspecified atom stereocenters. The lowest BCUT2D eigenvalue weighted by Crippen LogP contribution is -2.29. The first-order chi connectivity index (χ1) is 22.1. The molecular formula is C36H67O9P. The Labute approximate surface area is 280 Å². The zero-order valence-electron chi connectivity index (χ0n) is 29.3. The first-order valence-corrected chi connectivity index (χ1v) is 20.0. The molecule has 2 N–H and O–H groups in total. The molecule has 9 nitrogen and oxygen atoms in total. The molecule has 0 bridgehead atoms. The van der Waals surface area contributed by atoms with Crippen LogP contribution in [0.15, 0.2) is 12.2 Å². The first kappa shape index (κ1) is 42.8. The molecule has 0 radical (unpaired) electrons. The van der Waals surface area contributed by atoms with Gasteiger partial charge in [-0.05, 0) is 44.4 Å². The second kappa shape index (κ2) is 27.7. The van der Waals surface area contributed by atoms with Gasteiger partial charge in [0.05, 0.1) is 18.8 Å². The number of carbonyl (C=O) groups is 2. The van der Waals surface area contributed by atoms with E-state index >= 15 is 0 Å². The monoisotopic (exact) mass is 674 g/mol. The highest BCUT2D eigenvalue weighted by Crippen LogP contribution is 2.36. The molecule has 0 aromatic rings. The van der Waals surface area contributed by atoms with Crippen LogP contribution in [0.25, 0.3) is 0 Å². The van der Waals surface area contributed by atoms with Gasteiger partial charge in [0.15, 0.2) is 6.10 Å². The maximum Gasteiger partial charge on any atom is 0.469 e. The third-order valence-electron chi connectivity index (χ3n) is 8.75. The number of rotatable bonds is 32. The first-order valence-electron chi connectivity index (χ1n) is 18.5. The Morgan fingerprint density at radius 1 is 0.761 bits per heavy atom. The number of unbranched alkanes of at least 4 members (excludes halogenated alkanes) is 14. The number of epoxide rings is 1. The molecule has 1 fully saturated rings. The smallest absolute Gasteiger partial charge is 0.462 e. The minimum atomic E-state index is -4.75. The molecule has 1 saturated heterocycles. The number of phosphoric ester groups is 1. The van der Waals surface area contributed by atoms with Crippen molar-refractivity contribution in [3.05, 3.63) is 12.2 Å². The van der Waals surface area contributed by atoms with Crippen LogP contribution in [0.2, 0.25) is 0 Å². The summed E-state index contributed by atoms with van der Waals surface area (Å²) in [6.45, 7) is 5.94. The molecule has 0 aromatic heterocycles. The normalized spacial score (nSPS) is 17.7. The van der Waals surface area contributed by atoms with Crippen molar-refractivity contribution in [2.75, 3.05) is 13.2 Å². The van der Waals surface area contributed by atoms with Crippen LogP contribution in [-0.4, -0.2) is 53.3 Å². The van der Waals surface area contributed by atoms with E-state index in [-0.39, 0.29) is 19.4 Å². The van der Waals surface area contributed by atoms with Crippen molar-refractivity contribution in [2.45, 2.75) is 187 Å². The Morgan fingerprint density at radius 2 is 1.37 bits per heavy atom. The Bertz CT molecular complexity index is 843. The minimum absolute atomic E-state index is 0.208. The van der Waals surface area contributed by atoms with Crippen LogP contribution >= 0.6 is 7.82 Å². The molecule has 10 heteroatoms. The quantitative estimate of drug-likeness (QED) is 0.0235. The topological polar surface area (TPSA) is 132 Å². The Hall–Kier alpha value is -1.25. The zero-order chi connectivity index (χ0) is 33.9. The second-order valence-corrected chi connectivity index (χ2v) is 14.4. The maximum absolute atomic E-state index is 12.3. The fourth-order valence-electron chi connectivity index (χ4n) is 5.47. The van der Waals surface area contributed by atoms with Crippen molar-refractivity contribution < 1.29 is 42.7 Å². The van der Waals surface area contributed by atoms with Crippen LogP contribution < -0.4 is 0 Å². The predicted molar refractivity (Wildman–Crippen MR) is 183 cm³/mol. The summed E-state index contributed by atoms with van der Waals surface area (Å²) in [7, 11) is -4.75. The number of allylic oxidation sites excluding steroid dienone is 1. The number of esters is 2. The molecule has 1 rings (SSSR count). The lowest BCUT2D eigenvalue weighted by Gasteiger charge is -2.18. The van der Waals surface area contributed by atoms with Gasteiger partial charge in [-0.25, -0.2) is 4.57 Å². The van der Waals surface area contributed by atoms with Gasteiger partial charge in [-0.15, -0.1) is 0 Å². The molecule has 0 saturated carbocycles. The predicted octanol–water partition coefficient (Wildman–Crippen LogP) is 9.52. The average molecular weight is 675 g/mol. The molecule has 1 heterocycles. The Morgan fingerprint density at radius 3 is 2.00 bits per heavy atom. The standard InChI is InChI=1S/C36H67O9P/c1-4-6-19-25-33-34(45-33)26-21-16-12-8-10-13-17-22-27-35(37)42-29-32(30-43-46(39,40)41)44-36(38)28-23-18-14-9-7-11-15-20-24-31(3)5-2/h16,21,31-34H,4-15,17-20,22-30H2,1-3H3,(H2,39,40,41)/b21-16-/t31?,32-,33?,34?/m1/s1. The fraction of sp³-hybridized carbons (Fsp3) is 0.889. The van der Waals surface area contributed by atoms with E-state index < -0.39 is 32.5 Å². The molecule has 0 amide bonds. The second-order valence-electron chi connectivity index (χ2n) is 13.2. The molecule has 1 aliphatic heterocycles. The van der Waals surface area contributed by atoms with Crippen LogP contribution in [0.5, 0.6) is 0 Å². The van der Waals surface area contributed by atoms with Gasteiger partial charge in [0, 0.05) is 12.8 Å². The molecule has 270 valence electrons. The highest BCUT2D eigenvalue weighted by atomic mass is 31.2. The lowest BCUT2D eigenvalue weighted by molar-refractivity contribution is -0.161. The van der Waals surface area contributed by atoms with Crippen LogP contribution in [0, 0.1) is 5.92 Å². The van der Waals surface area contributed by atoms with Crippen molar-refractivity contribution in [3.63, 3.8) is 0 Å². The number of hydrogen-bond acceptors (Lipinski definition) is 7. The fourth-order valence-corrected chi connectivity index (χ4v) is 5.83. The summed E-state index contributed by atoms with van der Waals surface area (Å²) in [6.07, 6.45) is 28.2. The third-order valence-corrected chi connectivity index (χ3v) is 9.23. The van der Waals surface area contributed by atoms with Crippen LogP contribution in [0.4, 0.5) is 0 Å². The van der Waals surface area contributed by atoms with E-state index in [1.54, 1.807) is 0 Å². The Balaban J connectivity index is 2.10. The highest BCUT2D eigenvalue weighted by Gasteiger charge is 2.36. The van der Waals surface area contributed by atoms with Crippen molar-refractivity contribution in [2.24, 2.45) is 5.92 Å². The summed E-state index contributed by atoms with van der Waals surface area (Å²) < 4.78 is 32.0. The van der Waals surface area contributed by atoms with E-state index in [0.29, 0.717) is 25.0 Å². The Kier molecular flexibility index (Phi) is 25.7.